The van der Waals surface area contributed by atoms with Crippen LogP contribution in [0, 0.1) is 5.92 Å². The highest BCUT2D eigenvalue weighted by Crippen LogP contribution is 2.20. The average Bonchev–Trinajstić information content (AvgIpc) is 2.31. The Labute approximate surface area is 67.9 Å². The molecule has 2 unspecified atom stereocenters. The highest BCUT2D eigenvalue weighted by atomic mass is 16.5. The molecule has 0 radical (unpaired) electrons. The fourth-order valence-corrected chi connectivity index (χ4v) is 1.29. The van der Waals surface area contributed by atoms with Crippen molar-refractivity contribution in [1.82, 2.24) is 0 Å². The van der Waals surface area contributed by atoms with Gasteiger partial charge in [-0.15, -0.1) is 6.58 Å². The van der Waals surface area contributed by atoms with Crippen LogP contribution in [0.25, 0.3) is 0 Å². The molecule has 0 aromatic heterocycles. The largest absolute Gasteiger partial charge is 0.390 e. The molecule has 0 aromatic carbocycles. The zero-order valence-electron chi connectivity index (χ0n) is 7.05. The van der Waals surface area contributed by atoms with Crippen LogP contribution < -0.4 is 0 Å². The van der Waals surface area contributed by atoms with E-state index in [0.717, 1.165) is 12.8 Å². The van der Waals surface area contributed by atoms with E-state index in [1.807, 2.05) is 6.92 Å². The monoisotopic (exact) mass is 156 g/mol. The van der Waals surface area contributed by atoms with Crippen LogP contribution in [-0.4, -0.2) is 24.4 Å². The van der Waals surface area contributed by atoms with Crippen molar-refractivity contribution in [3.05, 3.63) is 12.2 Å². The third-order valence-electron chi connectivity index (χ3n) is 2.11. The Morgan fingerprint density at radius 1 is 1.64 bits per heavy atom. The third kappa shape index (κ3) is 2.64. The number of rotatable bonds is 3. The van der Waals surface area contributed by atoms with Crippen LogP contribution in [0.4, 0.5) is 0 Å². The highest BCUT2D eigenvalue weighted by Gasteiger charge is 2.25. The number of hydrogen-bond donors (Lipinski definition) is 1. The number of ether oxygens (including phenoxy) is 1. The zero-order valence-corrected chi connectivity index (χ0v) is 7.05. The Hall–Kier alpha value is -0.340. The molecular formula is C9H16O2. The van der Waals surface area contributed by atoms with Crippen LogP contribution in [0.5, 0.6) is 0 Å². The summed E-state index contributed by atoms with van der Waals surface area (Å²) >= 11 is 0. The van der Waals surface area contributed by atoms with Crippen LogP contribution in [0.3, 0.4) is 0 Å². The third-order valence-corrected chi connectivity index (χ3v) is 2.11. The van der Waals surface area contributed by atoms with Gasteiger partial charge in [-0.05, 0) is 19.8 Å². The van der Waals surface area contributed by atoms with Gasteiger partial charge in [0.2, 0.25) is 0 Å². The van der Waals surface area contributed by atoms with Crippen LogP contribution in [0.1, 0.15) is 19.8 Å². The van der Waals surface area contributed by atoms with E-state index in [0.29, 0.717) is 19.1 Å². The van der Waals surface area contributed by atoms with Gasteiger partial charge in [0.05, 0.1) is 19.3 Å². The minimum absolute atomic E-state index is 0.241. The Kier molecular flexibility index (Phi) is 3.09. The van der Waals surface area contributed by atoms with Crippen molar-refractivity contribution in [2.75, 3.05) is 13.2 Å². The predicted molar refractivity (Wildman–Crippen MR) is 44.4 cm³/mol. The van der Waals surface area contributed by atoms with Crippen molar-refractivity contribution in [2.24, 2.45) is 5.92 Å². The van der Waals surface area contributed by atoms with Gasteiger partial charge in [0.25, 0.3) is 0 Å². The quantitative estimate of drug-likeness (QED) is 0.625. The number of aliphatic hydroxyl groups excluding tert-OH is 1. The molecule has 1 aliphatic heterocycles. The Morgan fingerprint density at radius 2 is 2.36 bits per heavy atom. The van der Waals surface area contributed by atoms with Gasteiger partial charge in [0, 0.05) is 5.92 Å². The summed E-state index contributed by atoms with van der Waals surface area (Å²) in [6.07, 6.45) is 1.77. The fraction of sp³-hybridized carbons (Fsp3) is 0.778. The van der Waals surface area contributed by atoms with Crippen molar-refractivity contribution in [1.29, 1.82) is 0 Å². The highest BCUT2D eigenvalue weighted by molar-refractivity contribution is 4.89. The molecule has 11 heavy (non-hydrogen) atoms. The molecule has 2 heteroatoms. The summed E-state index contributed by atoms with van der Waals surface area (Å²) < 4.78 is 5.12. The van der Waals surface area contributed by atoms with Crippen LogP contribution in [0.15, 0.2) is 12.2 Å². The lowest BCUT2D eigenvalue weighted by Crippen LogP contribution is -2.17. The van der Waals surface area contributed by atoms with Gasteiger partial charge in [-0.2, -0.15) is 0 Å². The number of aliphatic hydroxyl groups is 1. The second kappa shape index (κ2) is 3.88. The van der Waals surface area contributed by atoms with Gasteiger partial charge >= 0.3 is 0 Å². The van der Waals surface area contributed by atoms with Crippen LogP contribution in [0.2, 0.25) is 0 Å². The molecule has 1 heterocycles. The van der Waals surface area contributed by atoms with E-state index in [-0.39, 0.29) is 6.10 Å². The van der Waals surface area contributed by atoms with Crippen molar-refractivity contribution in [3.63, 3.8) is 0 Å². The normalized spacial score (nSPS) is 30.7. The topological polar surface area (TPSA) is 29.5 Å². The lowest BCUT2D eigenvalue weighted by Gasteiger charge is -2.10. The van der Waals surface area contributed by atoms with E-state index in [4.69, 9.17) is 4.74 Å². The van der Waals surface area contributed by atoms with Gasteiger partial charge < -0.3 is 9.84 Å². The van der Waals surface area contributed by atoms with Crippen molar-refractivity contribution >= 4 is 0 Å². The van der Waals surface area contributed by atoms with E-state index >= 15 is 0 Å². The second-order valence-corrected chi connectivity index (χ2v) is 3.36. The van der Waals surface area contributed by atoms with Crippen molar-refractivity contribution < 1.29 is 9.84 Å². The molecule has 1 saturated heterocycles. The summed E-state index contributed by atoms with van der Waals surface area (Å²) in [6, 6.07) is 0. The second-order valence-electron chi connectivity index (χ2n) is 3.36. The first-order chi connectivity index (χ1) is 5.20. The standard InChI is InChI=1S/C9H16O2/c1-7(2)3-4-8-5-11-6-9(8)10/h8-10H,1,3-6H2,2H3. The summed E-state index contributed by atoms with van der Waals surface area (Å²) in [7, 11) is 0. The maximum absolute atomic E-state index is 9.35. The van der Waals surface area contributed by atoms with Crippen LogP contribution in [-0.2, 0) is 4.74 Å². The van der Waals surface area contributed by atoms with Crippen molar-refractivity contribution in [3.8, 4) is 0 Å². The molecule has 64 valence electrons. The minimum atomic E-state index is -0.241. The number of hydrogen-bond acceptors (Lipinski definition) is 2. The van der Waals surface area contributed by atoms with Gasteiger partial charge in [-0.25, -0.2) is 0 Å². The minimum Gasteiger partial charge on any atom is -0.390 e. The van der Waals surface area contributed by atoms with E-state index in [1.165, 1.54) is 5.57 Å². The van der Waals surface area contributed by atoms with Crippen LogP contribution >= 0.6 is 0 Å². The fourth-order valence-electron chi connectivity index (χ4n) is 1.29. The first kappa shape index (κ1) is 8.75. The van der Waals surface area contributed by atoms with Crippen molar-refractivity contribution in [2.45, 2.75) is 25.9 Å². The lowest BCUT2D eigenvalue weighted by atomic mass is 9.98. The molecule has 0 amide bonds. The SMILES string of the molecule is C=C(C)CCC1COCC1O. The molecule has 0 aromatic rings. The van der Waals surface area contributed by atoms with Gasteiger partial charge in [0.1, 0.15) is 0 Å². The molecule has 1 rings (SSSR count). The lowest BCUT2D eigenvalue weighted by molar-refractivity contribution is 0.117. The molecule has 1 fully saturated rings. The maximum atomic E-state index is 9.35. The summed E-state index contributed by atoms with van der Waals surface area (Å²) in [6.45, 7) is 7.07. The first-order valence-electron chi connectivity index (χ1n) is 4.10. The van der Waals surface area contributed by atoms with E-state index < -0.39 is 0 Å². The molecule has 1 aliphatic rings. The Balaban J connectivity index is 2.20. The zero-order chi connectivity index (χ0) is 8.27. The molecule has 2 nitrogen and oxygen atoms in total. The number of allylic oxidation sites excluding steroid dienone is 1. The molecule has 0 saturated carbocycles. The van der Waals surface area contributed by atoms with Gasteiger partial charge in [-0.3, -0.25) is 0 Å². The van der Waals surface area contributed by atoms with E-state index in [2.05, 4.69) is 6.58 Å². The molecule has 0 bridgehead atoms. The predicted octanol–water partition coefficient (Wildman–Crippen LogP) is 1.35. The summed E-state index contributed by atoms with van der Waals surface area (Å²) in [5.41, 5.74) is 1.18. The molecular weight excluding hydrogens is 140 g/mol. The average molecular weight is 156 g/mol. The smallest absolute Gasteiger partial charge is 0.0823 e. The van der Waals surface area contributed by atoms with E-state index in [1.54, 1.807) is 0 Å². The Morgan fingerprint density at radius 3 is 2.82 bits per heavy atom. The molecule has 2 atom stereocenters. The van der Waals surface area contributed by atoms with E-state index in [9.17, 15) is 5.11 Å². The molecule has 1 N–H and O–H groups in total. The van der Waals surface area contributed by atoms with Gasteiger partial charge in [0.15, 0.2) is 0 Å². The summed E-state index contributed by atoms with van der Waals surface area (Å²) in [5.74, 6) is 0.340. The summed E-state index contributed by atoms with van der Waals surface area (Å²) in [5, 5.41) is 9.35. The van der Waals surface area contributed by atoms with Gasteiger partial charge in [-0.1, -0.05) is 5.57 Å². The Bertz CT molecular complexity index is 142. The first-order valence-corrected chi connectivity index (χ1v) is 4.10. The maximum Gasteiger partial charge on any atom is 0.0823 e. The molecule has 0 aliphatic carbocycles. The molecule has 0 spiro atoms. The summed E-state index contributed by atoms with van der Waals surface area (Å²) in [4.78, 5) is 0.